The lowest BCUT2D eigenvalue weighted by Crippen LogP contribution is -2.45. The van der Waals surface area contributed by atoms with Crippen molar-refractivity contribution in [3.63, 3.8) is 0 Å². The summed E-state index contributed by atoms with van der Waals surface area (Å²) in [6.07, 6.45) is 3.10. The summed E-state index contributed by atoms with van der Waals surface area (Å²) in [5.41, 5.74) is 7.29. The van der Waals surface area contributed by atoms with E-state index in [9.17, 15) is 15.3 Å². The summed E-state index contributed by atoms with van der Waals surface area (Å²) in [5, 5.41) is 31.7. The molecule has 1 saturated heterocycles. The average Bonchev–Trinajstić information content (AvgIpc) is 3.25. The molecule has 0 aromatic heterocycles. The molecule has 6 unspecified atom stereocenters. The van der Waals surface area contributed by atoms with Gasteiger partial charge in [0, 0.05) is 28.9 Å². The Labute approximate surface area is 185 Å². The number of hydrogen-bond acceptors (Lipinski definition) is 6. The Morgan fingerprint density at radius 3 is 2.57 bits per heavy atom. The quantitative estimate of drug-likeness (QED) is 0.414. The molecule has 164 valence electrons. The van der Waals surface area contributed by atoms with Crippen LogP contribution in [0.25, 0.3) is 0 Å². The molecule has 5 N–H and O–H groups in total. The van der Waals surface area contributed by atoms with Gasteiger partial charge in [-0.05, 0) is 43.8 Å². The maximum absolute atomic E-state index is 10.7. The van der Waals surface area contributed by atoms with E-state index in [0.29, 0.717) is 16.3 Å². The first-order valence-corrected chi connectivity index (χ1v) is 10.6. The molecule has 0 bridgehead atoms. The number of nitrogens with zero attached hydrogens (tertiary/aromatic N) is 1. The summed E-state index contributed by atoms with van der Waals surface area (Å²) in [5.74, 6) is 0. The zero-order valence-corrected chi connectivity index (χ0v) is 19.3. The van der Waals surface area contributed by atoms with Crippen LogP contribution in [0.2, 0.25) is 5.02 Å². The van der Waals surface area contributed by atoms with Crippen LogP contribution in [-0.4, -0.2) is 46.0 Å². The van der Waals surface area contributed by atoms with Gasteiger partial charge in [0.25, 0.3) is 0 Å². The van der Waals surface area contributed by atoms with Crippen LogP contribution in [0.1, 0.15) is 32.8 Å². The van der Waals surface area contributed by atoms with Crippen molar-refractivity contribution in [1.29, 1.82) is 0 Å². The van der Waals surface area contributed by atoms with Crippen LogP contribution in [0.3, 0.4) is 0 Å². The van der Waals surface area contributed by atoms with E-state index in [1.165, 1.54) is 0 Å². The molecule has 1 heterocycles. The van der Waals surface area contributed by atoms with Crippen molar-refractivity contribution in [3.8, 4) is 0 Å². The Balaban J connectivity index is 0.000000248. The maximum atomic E-state index is 10.7. The van der Waals surface area contributed by atoms with E-state index in [1.807, 2.05) is 19.1 Å². The molecular weight excluding hydrogens is 423 g/mol. The van der Waals surface area contributed by atoms with Gasteiger partial charge in [-0.2, -0.15) is 0 Å². The second kappa shape index (κ2) is 10.2. The number of benzene rings is 1. The van der Waals surface area contributed by atoms with Gasteiger partial charge in [0.1, 0.15) is 23.9 Å². The van der Waals surface area contributed by atoms with E-state index in [4.69, 9.17) is 22.1 Å². The van der Waals surface area contributed by atoms with Crippen molar-refractivity contribution < 1.29 is 20.1 Å². The van der Waals surface area contributed by atoms with Crippen molar-refractivity contribution in [2.24, 2.45) is 10.7 Å². The van der Waals surface area contributed by atoms with E-state index < -0.39 is 30.0 Å². The molecule has 1 aliphatic carbocycles. The van der Waals surface area contributed by atoms with E-state index >= 15 is 0 Å². The molecule has 6 nitrogen and oxygen atoms in total. The Morgan fingerprint density at radius 2 is 2.07 bits per heavy atom. The van der Waals surface area contributed by atoms with Gasteiger partial charge >= 0.3 is 0 Å². The van der Waals surface area contributed by atoms with Crippen LogP contribution >= 0.6 is 20.8 Å². The lowest BCUT2D eigenvalue weighted by Gasteiger charge is -2.32. The molecule has 3 rings (SSSR count). The third-order valence-corrected chi connectivity index (χ3v) is 6.18. The third-order valence-electron chi connectivity index (χ3n) is 5.17. The number of rotatable bonds is 4. The first kappa shape index (κ1) is 24.7. The Hall–Kier alpha value is -1.53. The van der Waals surface area contributed by atoms with Gasteiger partial charge < -0.3 is 25.8 Å². The fourth-order valence-electron chi connectivity index (χ4n) is 3.40. The molecule has 8 heteroatoms. The third kappa shape index (κ3) is 5.38. The van der Waals surface area contributed by atoms with E-state index in [-0.39, 0.29) is 0 Å². The molecular formula is C22H30ClN2O4P. The van der Waals surface area contributed by atoms with Gasteiger partial charge in [0.2, 0.25) is 0 Å². The van der Waals surface area contributed by atoms with Gasteiger partial charge in [-0.1, -0.05) is 36.4 Å². The monoisotopic (exact) mass is 452 g/mol. The minimum atomic E-state index is -1.42. The van der Waals surface area contributed by atoms with Crippen LogP contribution in [0, 0.1) is 0 Å². The van der Waals surface area contributed by atoms with Gasteiger partial charge in [-0.3, -0.25) is 4.99 Å². The van der Waals surface area contributed by atoms with Gasteiger partial charge in [0.15, 0.2) is 0 Å². The summed E-state index contributed by atoms with van der Waals surface area (Å²) in [4.78, 5) is 4.18. The van der Waals surface area contributed by atoms with Gasteiger partial charge in [0.05, 0.1) is 11.8 Å². The number of aliphatic imine (C=N–C) groups is 1. The minimum Gasteiger partial charge on any atom is -0.399 e. The maximum Gasteiger partial charge on any atom is 0.119 e. The summed E-state index contributed by atoms with van der Waals surface area (Å²) in [6, 6.07) is 5.08. The zero-order valence-electron chi connectivity index (χ0n) is 17.4. The van der Waals surface area contributed by atoms with E-state index in [1.54, 1.807) is 38.3 Å². The number of aliphatic hydroxyl groups is 3. The number of hydrogen-bond donors (Lipinski definition) is 4. The topological polar surface area (TPSA) is 108 Å². The second-order valence-corrected chi connectivity index (χ2v) is 8.54. The largest absolute Gasteiger partial charge is 0.399 e. The molecule has 1 fully saturated rings. The second-order valence-electron chi connectivity index (χ2n) is 7.51. The number of ether oxygens (including phenoxy) is 1. The first-order valence-electron chi connectivity index (χ1n) is 9.63. The number of allylic oxidation sites excluding steroid dienone is 2. The molecule has 0 spiro atoms. The minimum absolute atomic E-state index is 0.519. The normalized spacial score (nSPS) is 27.9. The molecule has 0 saturated carbocycles. The highest BCUT2D eigenvalue weighted by Gasteiger charge is 2.50. The van der Waals surface area contributed by atoms with Crippen molar-refractivity contribution in [2.45, 2.75) is 57.2 Å². The summed E-state index contributed by atoms with van der Waals surface area (Å²) >= 11 is 5.94. The molecule has 1 aliphatic heterocycles. The molecule has 1 aromatic carbocycles. The number of aliphatic hydroxyl groups excluding tert-OH is 2. The fraction of sp³-hybridized carbons (Fsp3) is 0.409. The highest BCUT2D eigenvalue weighted by atomic mass is 35.5. The van der Waals surface area contributed by atoms with Crippen molar-refractivity contribution in [2.75, 3.05) is 0 Å². The van der Waals surface area contributed by atoms with Crippen molar-refractivity contribution in [3.05, 3.63) is 64.5 Å². The summed E-state index contributed by atoms with van der Waals surface area (Å²) in [6.45, 7) is 8.77. The Kier molecular flexibility index (Phi) is 8.40. The van der Waals surface area contributed by atoms with Crippen molar-refractivity contribution >= 4 is 32.4 Å². The summed E-state index contributed by atoms with van der Waals surface area (Å²) < 4.78 is 5.49. The SMILES string of the molecule is C=C(N)C1=C(N=CC)CC=C1.CC1OC(C(C)(O)c2ccc(Cl)c(P)c2)C(O)C1O. The molecule has 0 amide bonds. The van der Waals surface area contributed by atoms with E-state index in [2.05, 4.69) is 20.8 Å². The first-order chi connectivity index (χ1) is 14.0. The molecule has 6 atom stereocenters. The van der Waals surface area contributed by atoms with Crippen molar-refractivity contribution in [1.82, 2.24) is 0 Å². The highest BCUT2D eigenvalue weighted by molar-refractivity contribution is 7.28. The highest BCUT2D eigenvalue weighted by Crippen LogP contribution is 2.35. The lowest BCUT2D eigenvalue weighted by molar-refractivity contribution is -0.122. The Morgan fingerprint density at radius 1 is 1.40 bits per heavy atom. The smallest absolute Gasteiger partial charge is 0.119 e. The zero-order chi connectivity index (χ0) is 22.6. The van der Waals surface area contributed by atoms with Crippen LogP contribution in [0.4, 0.5) is 0 Å². The molecule has 0 radical (unpaired) electrons. The average molecular weight is 453 g/mol. The molecule has 1 aromatic rings. The number of nitrogens with two attached hydrogens (primary N) is 1. The van der Waals surface area contributed by atoms with Crippen LogP contribution in [-0.2, 0) is 10.3 Å². The van der Waals surface area contributed by atoms with Gasteiger partial charge in [-0.15, -0.1) is 9.24 Å². The van der Waals surface area contributed by atoms with Gasteiger partial charge in [-0.25, -0.2) is 0 Å². The van der Waals surface area contributed by atoms with E-state index in [0.717, 1.165) is 23.0 Å². The standard InChI is InChI=1S/C13H18ClO4P.C9H12N2/c1-6-10(15)11(16)12(18-6)13(2,17)7-3-4-8(14)9(19)5-7;1-3-11-9-6-4-5-8(9)7(2)10/h3-6,10-12,15-17H,19H2,1-2H3;3-5H,2,6,10H2,1H3. The predicted molar refractivity (Wildman–Crippen MR) is 125 cm³/mol. The lowest BCUT2D eigenvalue weighted by atomic mass is 9.86. The predicted octanol–water partition coefficient (Wildman–Crippen LogP) is 2.32. The molecule has 30 heavy (non-hydrogen) atoms. The summed E-state index contributed by atoms with van der Waals surface area (Å²) in [7, 11) is 2.48. The van der Waals surface area contributed by atoms with Crippen LogP contribution in [0.5, 0.6) is 0 Å². The van der Waals surface area contributed by atoms with Crippen LogP contribution in [0.15, 0.2) is 58.9 Å². The number of halogens is 1. The molecule has 2 aliphatic rings. The Bertz CT molecular complexity index is 882. The fourth-order valence-corrected chi connectivity index (χ4v) is 3.80. The van der Waals surface area contributed by atoms with Crippen LogP contribution < -0.4 is 11.0 Å².